The molecule has 2 aliphatic rings. The lowest BCUT2D eigenvalue weighted by Crippen LogP contribution is -2.56. The molecule has 0 aliphatic carbocycles. The van der Waals surface area contributed by atoms with Gasteiger partial charge in [-0.2, -0.15) is 0 Å². The van der Waals surface area contributed by atoms with Gasteiger partial charge in [-0.3, -0.25) is 9.69 Å². The number of nitrogens with zero attached hydrogens (tertiary/aromatic N) is 2. The number of benzene rings is 1. The van der Waals surface area contributed by atoms with Crippen LogP contribution in [0.3, 0.4) is 0 Å². The first-order chi connectivity index (χ1) is 12.9. The number of β-amino-alcohol motifs (C(OH)–C–C–N with tert-alkyl or cyclic N) is 1. The Hall–Kier alpha value is -1.79. The molecular weight excluding hydrogens is 342 g/mol. The Labute approximate surface area is 162 Å². The zero-order valence-electron chi connectivity index (χ0n) is 16.8. The summed E-state index contributed by atoms with van der Waals surface area (Å²) in [6, 6.07) is 8.10. The van der Waals surface area contributed by atoms with Crippen molar-refractivity contribution in [3.63, 3.8) is 0 Å². The minimum Gasteiger partial charge on any atom is -0.497 e. The average molecular weight is 376 g/mol. The number of likely N-dealkylation sites (tertiary alicyclic amines) is 1. The Morgan fingerprint density at radius 3 is 2.44 bits per heavy atom. The summed E-state index contributed by atoms with van der Waals surface area (Å²) in [7, 11) is 3.38. The van der Waals surface area contributed by atoms with Crippen LogP contribution < -0.4 is 15.0 Å². The van der Waals surface area contributed by atoms with Crippen LogP contribution in [0.2, 0.25) is 0 Å². The highest BCUT2D eigenvalue weighted by Gasteiger charge is 2.41. The van der Waals surface area contributed by atoms with Crippen LogP contribution in [0.1, 0.15) is 32.6 Å². The first kappa shape index (κ1) is 20.0. The molecule has 0 saturated carbocycles. The van der Waals surface area contributed by atoms with Crippen LogP contribution in [0.15, 0.2) is 24.3 Å². The Balaban J connectivity index is 1.56. The second kappa shape index (κ2) is 8.07. The molecule has 6 nitrogen and oxygen atoms in total. The van der Waals surface area contributed by atoms with Crippen molar-refractivity contribution in [3.8, 4) is 5.75 Å². The number of anilines is 1. The number of amides is 1. The molecule has 1 aromatic rings. The summed E-state index contributed by atoms with van der Waals surface area (Å²) in [5.74, 6) is 0.963. The largest absolute Gasteiger partial charge is 0.497 e. The summed E-state index contributed by atoms with van der Waals surface area (Å²) in [6.07, 6.45) is 3.39. The van der Waals surface area contributed by atoms with Crippen LogP contribution in [-0.4, -0.2) is 68.4 Å². The molecular formula is C21H33N3O3. The van der Waals surface area contributed by atoms with Gasteiger partial charge in [0.1, 0.15) is 5.75 Å². The number of carbonyl (C=O) groups is 1. The predicted molar refractivity (Wildman–Crippen MR) is 107 cm³/mol. The van der Waals surface area contributed by atoms with Crippen molar-refractivity contribution in [2.45, 2.75) is 38.2 Å². The van der Waals surface area contributed by atoms with E-state index in [-0.39, 0.29) is 11.3 Å². The first-order valence-corrected chi connectivity index (χ1v) is 9.93. The van der Waals surface area contributed by atoms with Gasteiger partial charge in [0, 0.05) is 38.9 Å². The molecule has 150 valence electrons. The van der Waals surface area contributed by atoms with Crippen molar-refractivity contribution in [1.29, 1.82) is 0 Å². The van der Waals surface area contributed by atoms with Gasteiger partial charge >= 0.3 is 0 Å². The molecule has 6 heteroatoms. The fourth-order valence-electron chi connectivity index (χ4n) is 4.52. The number of piperidine rings is 2. The van der Waals surface area contributed by atoms with Crippen molar-refractivity contribution in [2.24, 2.45) is 5.41 Å². The molecule has 3 rings (SSSR count). The molecule has 0 bridgehead atoms. The van der Waals surface area contributed by atoms with Gasteiger partial charge in [-0.15, -0.1) is 0 Å². The Morgan fingerprint density at radius 1 is 1.19 bits per heavy atom. The molecule has 0 spiro atoms. The van der Waals surface area contributed by atoms with E-state index in [1.807, 2.05) is 19.1 Å². The molecule has 2 heterocycles. The number of hydrogen-bond acceptors (Lipinski definition) is 5. The number of hydrogen-bond donors (Lipinski definition) is 2. The topological polar surface area (TPSA) is 65.0 Å². The van der Waals surface area contributed by atoms with Crippen molar-refractivity contribution in [1.82, 2.24) is 10.2 Å². The lowest BCUT2D eigenvalue weighted by molar-refractivity contribution is -0.134. The zero-order valence-corrected chi connectivity index (χ0v) is 16.8. The van der Waals surface area contributed by atoms with Crippen molar-refractivity contribution < 1.29 is 14.6 Å². The van der Waals surface area contributed by atoms with Crippen LogP contribution in [0, 0.1) is 5.41 Å². The molecule has 1 aromatic carbocycles. The van der Waals surface area contributed by atoms with E-state index in [0.29, 0.717) is 6.54 Å². The maximum Gasteiger partial charge on any atom is 0.226 e. The summed E-state index contributed by atoms with van der Waals surface area (Å²) < 4.78 is 5.22. The van der Waals surface area contributed by atoms with E-state index >= 15 is 0 Å². The molecule has 2 fully saturated rings. The number of aliphatic hydroxyl groups is 1. The van der Waals surface area contributed by atoms with Gasteiger partial charge in [-0.25, -0.2) is 0 Å². The minimum absolute atomic E-state index is 0.105. The SMILES string of the molecule is CNC(=O)[C@]1(C)CCCN(CC2(O)CCN(c3ccc(OC)cc3)CC2)C1. The number of ether oxygens (including phenoxy) is 1. The fraction of sp³-hybridized carbons (Fsp3) is 0.667. The number of rotatable bonds is 5. The van der Waals surface area contributed by atoms with Crippen LogP contribution in [0.5, 0.6) is 5.75 Å². The second-order valence-corrected chi connectivity index (χ2v) is 8.36. The predicted octanol–water partition coefficient (Wildman–Crippen LogP) is 1.87. The van der Waals surface area contributed by atoms with Crippen LogP contribution in [0.4, 0.5) is 5.69 Å². The first-order valence-electron chi connectivity index (χ1n) is 9.93. The summed E-state index contributed by atoms with van der Waals surface area (Å²) in [6.45, 7) is 6.03. The maximum atomic E-state index is 12.2. The van der Waals surface area contributed by atoms with E-state index < -0.39 is 5.60 Å². The van der Waals surface area contributed by atoms with E-state index in [1.54, 1.807) is 14.2 Å². The van der Waals surface area contributed by atoms with Gasteiger partial charge in [-0.1, -0.05) is 0 Å². The van der Waals surface area contributed by atoms with Crippen LogP contribution >= 0.6 is 0 Å². The van der Waals surface area contributed by atoms with Gasteiger partial charge in [0.05, 0.1) is 18.1 Å². The van der Waals surface area contributed by atoms with Crippen molar-refractivity contribution in [3.05, 3.63) is 24.3 Å². The Kier molecular flexibility index (Phi) is 5.96. The van der Waals surface area contributed by atoms with E-state index in [9.17, 15) is 9.90 Å². The number of carbonyl (C=O) groups excluding carboxylic acids is 1. The van der Waals surface area contributed by atoms with Gasteiger partial charge in [0.25, 0.3) is 0 Å². The molecule has 2 N–H and O–H groups in total. The molecule has 0 radical (unpaired) electrons. The lowest BCUT2D eigenvalue weighted by Gasteiger charge is -2.45. The molecule has 0 unspecified atom stereocenters. The van der Waals surface area contributed by atoms with Crippen LogP contribution in [-0.2, 0) is 4.79 Å². The number of nitrogens with one attached hydrogen (secondary N) is 1. The highest BCUT2D eigenvalue weighted by molar-refractivity contribution is 5.82. The van der Waals surface area contributed by atoms with Crippen molar-refractivity contribution >= 4 is 11.6 Å². The molecule has 1 amide bonds. The molecule has 1 atom stereocenters. The van der Waals surface area contributed by atoms with Gasteiger partial charge in [0.2, 0.25) is 5.91 Å². The van der Waals surface area contributed by atoms with E-state index in [0.717, 1.165) is 57.6 Å². The fourth-order valence-corrected chi connectivity index (χ4v) is 4.52. The molecule has 0 aromatic heterocycles. The maximum absolute atomic E-state index is 12.2. The molecule has 27 heavy (non-hydrogen) atoms. The standard InChI is InChI=1S/C21H33N3O3/c1-20(19(25)22-2)9-4-12-23(15-20)16-21(26)10-13-24(14-11-21)17-5-7-18(27-3)8-6-17/h5-8,26H,4,9-16H2,1-3H3,(H,22,25)/t20-/m1/s1. The van der Waals surface area contributed by atoms with E-state index in [4.69, 9.17) is 4.74 Å². The lowest BCUT2D eigenvalue weighted by atomic mass is 9.80. The van der Waals surface area contributed by atoms with E-state index in [2.05, 4.69) is 27.2 Å². The van der Waals surface area contributed by atoms with Crippen LogP contribution in [0.25, 0.3) is 0 Å². The molecule has 2 aliphatic heterocycles. The Morgan fingerprint density at radius 2 is 1.85 bits per heavy atom. The third kappa shape index (κ3) is 4.55. The summed E-state index contributed by atoms with van der Waals surface area (Å²) in [4.78, 5) is 16.8. The van der Waals surface area contributed by atoms with Gasteiger partial charge in [-0.05, 0) is 63.4 Å². The monoisotopic (exact) mass is 375 g/mol. The van der Waals surface area contributed by atoms with Gasteiger partial charge in [0.15, 0.2) is 0 Å². The summed E-state index contributed by atoms with van der Waals surface area (Å²) in [5, 5.41) is 13.9. The summed E-state index contributed by atoms with van der Waals surface area (Å²) in [5.41, 5.74) is 0.139. The molecule has 2 saturated heterocycles. The third-order valence-electron chi connectivity index (χ3n) is 6.20. The quantitative estimate of drug-likeness (QED) is 0.823. The zero-order chi connectivity index (χ0) is 19.5. The highest BCUT2D eigenvalue weighted by Crippen LogP contribution is 2.33. The third-order valence-corrected chi connectivity index (χ3v) is 6.20. The smallest absolute Gasteiger partial charge is 0.226 e. The minimum atomic E-state index is -0.677. The second-order valence-electron chi connectivity index (χ2n) is 8.36. The van der Waals surface area contributed by atoms with Gasteiger partial charge < -0.3 is 20.1 Å². The average Bonchev–Trinajstić information content (AvgIpc) is 2.68. The number of methoxy groups -OCH3 is 1. The van der Waals surface area contributed by atoms with Crippen molar-refractivity contribution in [2.75, 3.05) is 51.8 Å². The highest BCUT2D eigenvalue weighted by atomic mass is 16.5. The normalized spacial score (nSPS) is 25.9. The summed E-state index contributed by atoms with van der Waals surface area (Å²) >= 11 is 0. The van der Waals surface area contributed by atoms with E-state index in [1.165, 1.54) is 5.69 Å². The Bertz CT molecular complexity index is 641.